The highest BCUT2D eigenvalue weighted by molar-refractivity contribution is 7.89. The quantitative estimate of drug-likeness (QED) is 0.406. The number of nitrogens with one attached hydrogen (secondary N) is 2. The first kappa shape index (κ1) is 33.1. The summed E-state index contributed by atoms with van der Waals surface area (Å²) in [5, 5.41) is 15.1. The van der Waals surface area contributed by atoms with Crippen LogP contribution >= 0.6 is 59.9 Å². The summed E-state index contributed by atoms with van der Waals surface area (Å²) in [7, 11) is -3.76. The van der Waals surface area contributed by atoms with Crippen molar-refractivity contribution in [2.24, 2.45) is 0 Å². The topological polar surface area (TPSA) is 119 Å². The van der Waals surface area contributed by atoms with Crippen molar-refractivity contribution in [1.29, 1.82) is 0 Å². The SMILES string of the molecule is C[C@@](O)(C(=O)N1CCC(N2CC(Nc3cc(Cl)c(C(=O)NS(C)(=O)=O)c(Cl)c3)C2)CC1)c1cc(Cl)ccc1Cl.S. The Hall–Kier alpha value is -1.44. The Balaban J connectivity index is 0.00000441. The minimum absolute atomic E-state index is 0. The molecule has 0 bridgehead atoms. The van der Waals surface area contributed by atoms with Crippen LogP contribution in [-0.2, 0) is 20.4 Å². The smallest absolute Gasteiger partial charge is 0.267 e. The van der Waals surface area contributed by atoms with E-state index in [1.165, 1.54) is 25.1 Å². The van der Waals surface area contributed by atoms with Crippen LogP contribution in [0.1, 0.15) is 35.7 Å². The largest absolute Gasteiger partial charge is 0.380 e. The van der Waals surface area contributed by atoms with E-state index in [1.807, 2.05) is 4.72 Å². The lowest BCUT2D eigenvalue weighted by Crippen LogP contribution is -2.61. The van der Waals surface area contributed by atoms with Crippen LogP contribution in [0.4, 0.5) is 5.69 Å². The zero-order valence-corrected chi connectivity index (χ0v) is 26.5. The molecular weight excluding hydrogens is 642 g/mol. The van der Waals surface area contributed by atoms with Crippen LogP contribution in [0.15, 0.2) is 30.3 Å². The van der Waals surface area contributed by atoms with Crippen molar-refractivity contribution in [2.45, 2.75) is 37.5 Å². The number of nitrogens with zero attached hydrogens (tertiary/aromatic N) is 2. The minimum Gasteiger partial charge on any atom is -0.380 e. The van der Waals surface area contributed by atoms with Gasteiger partial charge in [-0.25, -0.2) is 13.1 Å². The summed E-state index contributed by atoms with van der Waals surface area (Å²) in [5.74, 6) is -1.30. The van der Waals surface area contributed by atoms with E-state index < -0.39 is 27.4 Å². The predicted molar refractivity (Wildman–Crippen MR) is 164 cm³/mol. The van der Waals surface area contributed by atoms with Crippen molar-refractivity contribution in [3.63, 3.8) is 0 Å². The number of carbonyl (C=O) groups is 2. The van der Waals surface area contributed by atoms with Crippen LogP contribution in [0, 0.1) is 0 Å². The molecule has 2 aliphatic heterocycles. The number of benzene rings is 2. The van der Waals surface area contributed by atoms with Crippen LogP contribution in [0.5, 0.6) is 0 Å². The van der Waals surface area contributed by atoms with E-state index in [0.29, 0.717) is 29.8 Å². The average Bonchev–Trinajstić information content (AvgIpc) is 2.80. The maximum absolute atomic E-state index is 13.2. The zero-order valence-electron chi connectivity index (χ0n) is 21.7. The molecule has 9 nitrogen and oxygen atoms in total. The van der Waals surface area contributed by atoms with Crippen molar-refractivity contribution in [2.75, 3.05) is 37.8 Å². The molecule has 15 heteroatoms. The van der Waals surface area contributed by atoms with Gasteiger partial charge in [-0.05, 0) is 50.1 Å². The molecule has 1 atom stereocenters. The molecule has 2 aliphatic rings. The van der Waals surface area contributed by atoms with Crippen molar-refractivity contribution >= 4 is 87.4 Å². The van der Waals surface area contributed by atoms with E-state index in [2.05, 4.69) is 10.2 Å². The highest BCUT2D eigenvalue weighted by atomic mass is 35.5. The zero-order chi connectivity index (χ0) is 28.7. The van der Waals surface area contributed by atoms with Crippen molar-refractivity contribution in [3.05, 3.63) is 61.5 Å². The van der Waals surface area contributed by atoms with E-state index >= 15 is 0 Å². The summed E-state index contributed by atoms with van der Waals surface area (Å²) in [6, 6.07) is 8.17. The van der Waals surface area contributed by atoms with E-state index in [0.717, 1.165) is 32.2 Å². The van der Waals surface area contributed by atoms with Crippen molar-refractivity contribution in [1.82, 2.24) is 14.5 Å². The van der Waals surface area contributed by atoms with Crippen LogP contribution < -0.4 is 10.0 Å². The Morgan fingerprint density at radius 1 is 1.00 bits per heavy atom. The van der Waals surface area contributed by atoms with E-state index in [4.69, 9.17) is 46.4 Å². The number of halogens is 4. The molecular formula is C25H30Cl4N4O5S2. The Morgan fingerprint density at radius 2 is 1.57 bits per heavy atom. The molecule has 220 valence electrons. The Bertz CT molecular complexity index is 1370. The molecule has 2 amide bonds. The maximum atomic E-state index is 13.2. The number of rotatable bonds is 7. The van der Waals surface area contributed by atoms with Gasteiger partial charge in [0.15, 0.2) is 5.60 Å². The molecule has 0 saturated carbocycles. The Morgan fingerprint density at radius 3 is 2.12 bits per heavy atom. The molecule has 40 heavy (non-hydrogen) atoms. The summed E-state index contributed by atoms with van der Waals surface area (Å²) in [6.45, 7) is 3.98. The summed E-state index contributed by atoms with van der Waals surface area (Å²) < 4.78 is 24.6. The first-order chi connectivity index (χ1) is 18.2. The Labute approximate surface area is 260 Å². The van der Waals surface area contributed by atoms with Crippen molar-refractivity contribution in [3.8, 4) is 0 Å². The molecule has 4 rings (SSSR count). The number of anilines is 1. The molecule has 3 N–H and O–H groups in total. The van der Waals surface area contributed by atoms with Gasteiger partial charge < -0.3 is 15.3 Å². The number of amides is 2. The molecule has 2 aromatic carbocycles. The predicted octanol–water partition coefficient (Wildman–Crippen LogP) is 4.10. The summed E-state index contributed by atoms with van der Waals surface area (Å²) >= 11 is 24.7. The molecule has 2 aromatic rings. The van der Waals surface area contributed by atoms with Crippen LogP contribution in [-0.4, -0.2) is 79.7 Å². The molecule has 0 aliphatic carbocycles. The third kappa shape index (κ3) is 7.49. The van der Waals surface area contributed by atoms with Gasteiger partial charge in [0, 0.05) is 53.5 Å². The number of likely N-dealkylation sites (tertiary alicyclic amines) is 2. The molecule has 2 fully saturated rings. The van der Waals surface area contributed by atoms with Crippen LogP contribution in [0.3, 0.4) is 0 Å². The van der Waals surface area contributed by atoms with Gasteiger partial charge in [-0.15, -0.1) is 0 Å². The normalized spacial score (nSPS) is 18.3. The van der Waals surface area contributed by atoms with E-state index in [9.17, 15) is 23.1 Å². The number of piperidine rings is 1. The molecule has 0 unspecified atom stereocenters. The standard InChI is InChI=1S/C25H28Cl4N4O5S.H2S/c1-25(36,18-9-14(26)3-4-19(18)27)24(35)32-7-5-17(6-8-32)33-12-16(13-33)30-15-10-20(28)22(21(29)11-15)23(34)31-39(2,37)38;/h3-4,9-11,16-17,30,36H,5-8,12-13H2,1-2H3,(H,31,34);1H2/t25-;/m0./s1. The van der Waals surface area contributed by atoms with Gasteiger partial charge in [0.25, 0.3) is 11.8 Å². The first-order valence-electron chi connectivity index (χ1n) is 12.1. The monoisotopic (exact) mass is 670 g/mol. The number of hydrogen-bond donors (Lipinski definition) is 3. The molecule has 0 radical (unpaired) electrons. The lowest BCUT2D eigenvalue weighted by molar-refractivity contribution is -0.152. The summed E-state index contributed by atoms with van der Waals surface area (Å²) in [4.78, 5) is 29.4. The number of carbonyl (C=O) groups excluding carboxylic acids is 2. The summed E-state index contributed by atoms with van der Waals surface area (Å²) in [5.41, 5.74) is -0.996. The molecule has 0 spiro atoms. The second-order valence-corrected chi connectivity index (χ2v) is 13.4. The second kappa shape index (κ2) is 12.8. The van der Waals surface area contributed by atoms with Gasteiger partial charge in [-0.2, -0.15) is 13.5 Å². The third-order valence-electron chi connectivity index (χ3n) is 6.97. The lowest BCUT2D eigenvalue weighted by atomic mass is 9.92. The van der Waals surface area contributed by atoms with Gasteiger partial charge in [-0.1, -0.05) is 46.4 Å². The van der Waals surface area contributed by atoms with Gasteiger partial charge in [0.05, 0.1) is 27.9 Å². The fraction of sp³-hybridized carbons (Fsp3) is 0.440. The highest BCUT2D eigenvalue weighted by Crippen LogP contribution is 2.34. The number of aliphatic hydroxyl groups is 1. The molecule has 2 heterocycles. The maximum Gasteiger partial charge on any atom is 0.267 e. The van der Waals surface area contributed by atoms with Crippen LogP contribution in [0.25, 0.3) is 0 Å². The first-order valence-corrected chi connectivity index (χ1v) is 15.5. The lowest BCUT2D eigenvalue weighted by Gasteiger charge is -2.48. The van der Waals surface area contributed by atoms with E-state index in [1.54, 1.807) is 17.0 Å². The minimum atomic E-state index is -3.76. The van der Waals surface area contributed by atoms with Gasteiger partial charge in [0.1, 0.15) is 0 Å². The van der Waals surface area contributed by atoms with Gasteiger partial charge in [-0.3, -0.25) is 14.5 Å². The fourth-order valence-electron chi connectivity index (χ4n) is 4.96. The molecule has 0 aromatic heterocycles. The van der Waals surface area contributed by atoms with Crippen LogP contribution in [0.2, 0.25) is 20.1 Å². The average molecular weight is 672 g/mol. The van der Waals surface area contributed by atoms with Gasteiger partial charge >= 0.3 is 0 Å². The second-order valence-electron chi connectivity index (χ2n) is 10.0. The van der Waals surface area contributed by atoms with Crippen molar-refractivity contribution < 1.29 is 23.1 Å². The Kier molecular flexibility index (Phi) is 10.6. The number of hydrogen-bond acceptors (Lipinski definition) is 7. The number of sulfonamides is 1. The summed E-state index contributed by atoms with van der Waals surface area (Å²) in [6.07, 6.45) is 2.40. The third-order valence-corrected chi connectivity index (χ3v) is 8.68. The highest BCUT2D eigenvalue weighted by Gasteiger charge is 2.41. The molecule has 2 saturated heterocycles. The van der Waals surface area contributed by atoms with E-state index in [-0.39, 0.29) is 45.7 Å². The fourth-order valence-corrected chi connectivity index (χ4v) is 6.53. The van der Waals surface area contributed by atoms with Gasteiger partial charge in [0.2, 0.25) is 10.0 Å².